The Morgan fingerprint density at radius 2 is 1.55 bits per heavy atom. The van der Waals surface area contributed by atoms with Crippen LogP contribution in [-0.2, 0) is 0 Å². The first kappa shape index (κ1) is 13.4. The van der Waals surface area contributed by atoms with Gasteiger partial charge in [0.15, 0.2) is 5.75 Å². The Kier molecular flexibility index (Phi) is 3.56. The number of carbonyl (C=O) groups is 2. The molecule has 0 saturated heterocycles. The number of nitrogen functional groups attached to an aromatic ring is 1. The molecule has 0 bridgehead atoms. The Bertz CT molecular complexity index is 666. The molecule has 0 aromatic heterocycles. The predicted molar refractivity (Wildman–Crippen MR) is 74.4 cm³/mol. The molecule has 2 aromatic rings. The van der Waals surface area contributed by atoms with Gasteiger partial charge in [-0.3, -0.25) is 9.59 Å². The van der Waals surface area contributed by atoms with Crippen molar-refractivity contribution in [3.8, 4) is 11.5 Å². The summed E-state index contributed by atoms with van der Waals surface area (Å²) in [5, 5.41) is 0. The molecule has 0 fully saturated rings. The Morgan fingerprint density at radius 3 is 2.10 bits per heavy atom. The van der Waals surface area contributed by atoms with Gasteiger partial charge in [0.2, 0.25) is 5.91 Å². The number of para-hydroxylation sites is 1. The molecule has 102 valence electrons. The van der Waals surface area contributed by atoms with E-state index in [9.17, 15) is 9.59 Å². The fourth-order valence-electron chi connectivity index (χ4n) is 1.66. The lowest BCUT2D eigenvalue weighted by Gasteiger charge is -2.10. The highest BCUT2D eigenvalue weighted by atomic mass is 16.5. The Balaban J connectivity index is 2.28. The third kappa shape index (κ3) is 2.69. The first-order valence-corrected chi connectivity index (χ1v) is 5.75. The van der Waals surface area contributed by atoms with E-state index in [1.54, 1.807) is 24.3 Å². The lowest BCUT2D eigenvalue weighted by Crippen LogP contribution is -2.13. The summed E-state index contributed by atoms with van der Waals surface area (Å²) >= 11 is 0. The van der Waals surface area contributed by atoms with Crippen LogP contribution >= 0.6 is 0 Å². The van der Waals surface area contributed by atoms with Gasteiger partial charge in [-0.25, -0.2) is 0 Å². The minimum atomic E-state index is -0.628. The zero-order valence-electron chi connectivity index (χ0n) is 10.5. The van der Waals surface area contributed by atoms with Crippen LogP contribution in [0, 0.1) is 0 Å². The second-order valence-corrected chi connectivity index (χ2v) is 4.07. The van der Waals surface area contributed by atoms with Gasteiger partial charge >= 0.3 is 0 Å². The van der Waals surface area contributed by atoms with Crippen molar-refractivity contribution in [1.29, 1.82) is 0 Å². The number of primary amides is 2. The van der Waals surface area contributed by atoms with Crippen LogP contribution in [0.3, 0.4) is 0 Å². The van der Waals surface area contributed by atoms with Crippen molar-refractivity contribution in [1.82, 2.24) is 0 Å². The second-order valence-electron chi connectivity index (χ2n) is 4.07. The molecule has 0 spiro atoms. The molecule has 0 aliphatic carbocycles. The minimum Gasteiger partial charge on any atom is -0.455 e. The van der Waals surface area contributed by atoms with E-state index in [1.807, 2.05) is 0 Å². The summed E-state index contributed by atoms with van der Waals surface area (Å²) in [5.41, 5.74) is 16.9. The molecule has 2 amide bonds. The predicted octanol–water partition coefficient (Wildman–Crippen LogP) is 1.26. The van der Waals surface area contributed by atoms with Crippen molar-refractivity contribution in [3.05, 3.63) is 53.6 Å². The molecule has 0 unspecified atom stereocenters. The quantitative estimate of drug-likeness (QED) is 0.724. The van der Waals surface area contributed by atoms with Crippen molar-refractivity contribution in [2.75, 3.05) is 5.73 Å². The highest BCUT2D eigenvalue weighted by Gasteiger charge is 2.11. The van der Waals surface area contributed by atoms with E-state index in [1.165, 1.54) is 18.2 Å². The number of anilines is 1. The van der Waals surface area contributed by atoms with Gasteiger partial charge in [-0.05, 0) is 36.4 Å². The molecule has 2 aromatic carbocycles. The van der Waals surface area contributed by atoms with Crippen LogP contribution in [-0.4, -0.2) is 11.8 Å². The molecule has 6 nitrogen and oxygen atoms in total. The monoisotopic (exact) mass is 271 g/mol. The topological polar surface area (TPSA) is 121 Å². The number of carbonyl (C=O) groups excluding carboxylic acids is 2. The molecule has 0 heterocycles. The van der Waals surface area contributed by atoms with E-state index in [2.05, 4.69) is 0 Å². The molecule has 6 heteroatoms. The maximum absolute atomic E-state index is 11.2. The number of amides is 2. The SMILES string of the molecule is NC(=O)c1ccc(Oc2cccc(C(N)=O)c2N)cc1. The number of hydrogen-bond acceptors (Lipinski definition) is 4. The molecule has 0 saturated carbocycles. The van der Waals surface area contributed by atoms with Gasteiger partial charge in [0.05, 0.1) is 11.3 Å². The lowest BCUT2D eigenvalue weighted by atomic mass is 10.1. The molecular formula is C14H13N3O3. The van der Waals surface area contributed by atoms with Gasteiger partial charge in [-0.15, -0.1) is 0 Å². The first-order chi connectivity index (χ1) is 9.49. The van der Waals surface area contributed by atoms with Crippen LogP contribution in [0.2, 0.25) is 0 Å². The summed E-state index contributed by atoms with van der Waals surface area (Å²) in [6, 6.07) is 11.0. The van der Waals surface area contributed by atoms with Gasteiger partial charge < -0.3 is 21.9 Å². The van der Waals surface area contributed by atoms with E-state index in [0.717, 1.165) is 0 Å². The van der Waals surface area contributed by atoms with Gasteiger partial charge in [0, 0.05) is 5.56 Å². The van der Waals surface area contributed by atoms with E-state index < -0.39 is 11.8 Å². The maximum atomic E-state index is 11.2. The largest absolute Gasteiger partial charge is 0.455 e. The van der Waals surface area contributed by atoms with Gasteiger partial charge in [-0.1, -0.05) is 6.07 Å². The number of ether oxygens (including phenoxy) is 1. The summed E-state index contributed by atoms with van der Waals surface area (Å²) in [6.07, 6.45) is 0. The number of benzene rings is 2. The third-order valence-corrected chi connectivity index (χ3v) is 2.70. The fraction of sp³-hybridized carbons (Fsp3) is 0. The third-order valence-electron chi connectivity index (χ3n) is 2.70. The summed E-state index contributed by atoms with van der Waals surface area (Å²) in [4.78, 5) is 22.1. The Labute approximate surface area is 115 Å². The summed E-state index contributed by atoms with van der Waals surface area (Å²) < 4.78 is 5.55. The highest BCUT2D eigenvalue weighted by molar-refractivity contribution is 5.99. The van der Waals surface area contributed by atoms with Crippen molar-refractivity contribution in [3.63, 3.8) is 0 Å². The zero-order chi connectivity index (χ0) is 14.7. The molecule has 2 rings (SSSR count). The van der Waals surface area contributed by atoms with Crippen molar-refractivity contribution < 1.29 is 14.3 Å². The molecular weight excluding hydrogens is 258 g/mol. The minimum absolute atomic E-state index is 0.166. The molecule has 0 aliphatic heterocycles. The Hall–Kier alpha value is -3.02. The maximum Gasteiger partial charge on any atom is 0.250 e. The van der Waals surface area contributed by atoms with Crippen LogP contribution in [0.5, 0.6) is 11.5 Å². The van der Waals surface area contributed by atoms with E-state index in [4.69, 9.17) is 21.9 Å². The summed E-state index contributed by atoms with van der Waals surface area (Å²) in [7, 11) is 0. The van der Waals surface area contributed by atoms with Crippen LogP contribution in [0.15, 0.2) is 42.5 Å². The smallest absolute Gasteiger partial charge is 0.250 e. The number of rotatable bonds is 4. The van der Waals surface area contributed by atoms with Crippen LogP contribution in [0.25, 0.3) is 0 Å². The zero-order valence-corrected chi connectivity index (χ0v) is 10.5. The fourth-order valence-corrected chi connectivity index (χ4v) is 1.66. The normalized spacial score (nSPS) is 10.0. The average molecular weight is 271 g/mol. The Morgan fingerprint density at radius 1 is 0.900 bits per heavy atom. The van der Waals surface area contributed by atoms with Gasteiger partial charge in [-0.2, -0.15) is 0 Å². The van der Waals surface area contributed by atoms with Crippen molar-refractivity contribution in [2.24, 2.45) is 11.5 Å². The highest BCUT2D eigenvalue weighted by Crippen LogP contribution is 2.29. The van der Waals surface area contributed by atoms with E-state index in [0.29, 0.717) is 17.1 Å². The molecule has 0 atom stereocenters. The molecule has 6 N–H and O–H groups in total. The number of nitrogens with two attached hydrogens (primary N) is 3. The second kappa shape index (κ2) is 5.31. The van der Waals surface area contributed by atoms with Crippen LogP contribution in [0.1, 0.15) is 20.7 Å². The summed E-state index contributed by atoms with van der Waals surface area (Å²) in [6.45, 7) is 0. The average Bonchev–Trinajstić information content (AvgIpc) is 2.41. The van der Waals surface area contributed by atoms with E-state index >= 15 is 0 Å². The molecule has 0 aliphatic rings. The first-order valence-electron chi connectivity index (χ1n) is 5.75. The van der Waals surface area contributed by atoms with Gasteiger partial charge in [0.1, 0.15) is 5.75 Å². The van der Waals surface area contributed by atoms with E-state index in [-0.39, 0.29) is 11.3 Å². The van der Waals surface area contributed by atoms with Crippen molar-refractivity contribution >= 4 is 17.5 Å². The van der Waals surface area contributed by atoms with Crippen LogP contribution < -0.4 is 21.9 Å². The number of hydrogen-bond donors (Lipinski definition) is 3. The standard InChI is InChI=1S/C14H13N3O3/c15-12-10(14(17)19)2-1-3-11(12)20-9-6-4-8(5-7-9)13(16)18/h1-7H,15H2,(H2,16,18)(H2,17,19). The van der Waals surface area contributed by atoms with Gasteiger partial charge in [0.25, 0.3) is 5.91 Å². The van der Waals surface area contributed by atoms with Crippen LogP contribution in [0.4, 0.5) is 5.69 Å². The van der Waals surface area contributed by atoms with Crippen molar-refractivity contribution in [2.45, 2.75) is 0 Å². The molecule has 0 radical (unpaired) electrons. The summed E-state index contributed by atoms with van der Waals surface area (Å²) in [5.74, 6) is -0.375. The lowest BCUT2D eigenvalue weighted by molar-refractivity contribution is 0.0992. The molecule has 20 heavy (non-hydrogen) atoms.